The summed E-state index contributed by atoms with van der Waals surface area (Å²) in [6.45, 7) is 0.173. The Hall–Kier alpha value is -3.31. The smallest absolute Gasteiger partial charge is 0.293 e. The second-order valence-electron chi connectivity index (χ2n) is 6.94. The van der Waals surface area contributed by atoms with E-state index in [2.05, 4.69) is 10.3 Å². The Morgan fingerprint density at radius 3 is 2.85 bits per heavy atom. The molecule has 0 atom stereocenters. The molecular formula is C22H17F2N3O4S2. The van der Waals surface area contributed by atoms with Gasteiger partial charge < -0.3 is 9.73 Å². The number of aryl methyl sites for hydroxylation is 1. The molecule has 0 bridgehead atoms. The van der Waals surface area contributed by atoms with Crippen molar-refractivity contribution < 1.29 is 27.6 Å². The van der Waals surface area contributed by atoms with Gasteiger partial charge in [0.15, 0.2) is 11.7 Å². The molecule has 1 N–H and O–H groups in total. The van der Waals surface area contributed by atoms with Crippen LogP contribution in [0.3, 0.4) is 0 Å². The number of amides is 3. The second kappa shape index (κ2) is 10.1. The number of halogens is 2. The predicted octanol–water partition coefficient (Wildman–Crippen LogP) is 4.47. The van der Waals surface area contributed by atoms with Gasteiger partial charge in [-0.15, -0.1) is 11.3 Å². The highest BCUT2D eigenvalue weighted by Crippen LogP contribution is 2.32. The monoisotopic (exact) mass is 489 g/mol. The van der Waals surface area contributed by atoms with Crippen LogP contribution in [0.5, 0.6) is 0 Å². The molecule has 1 fully saturated rings. The van der Waals surface area contributed by atoms with E-state index in [0.717, 1.165) is 33.7 Å². The number of carbonyl (C=O) groups is 3. The van der Waals surface area contributed by atoms with Crippen LogP contribution in [0.4, 0.5) is 13.6 Å². The lowest BCUT2D eigenvalue weighted by Crippen LogP contribution is -2.37. The van der Waals surface area contributed by atoms with Crippen LogP contribution in [0.2, 0.25) is 0 Å². The molecule has 1 aliphatic heterocycles. The standard InChI is InChI=1S/C22H17F2N3O4S2/c23-13-3-4-15(16(24)10-13)17-12-26-20(31-17)6-5-19(28)25-7-8-27-21(29)18(33-22(27)30)11-14-2-1-9-32-14/h1-4,9-12H,5-8H2,(H,25,28)/b18-11-. The molecule has 1 aliphatic rings. The normalized spacial score (nSPS) is 15.0. The summed E-state index contributed by atoms with van der Waals surface area (Å²) < 4.78 is 32.3. The highest BCUT2D eigenvalue weighted by atomic mass is 32.2. The topological polar surface area (TPSA) is 92.5 Å². The first kappa shape index (κ1) is 22.9. The molecule has 11 heteroatoms. The average molecular weight is 490 g/mol. The van der Waals surface area contributed by atoms with Gasteiger partial charge in [-0.1, -0.05) is 6.07 Å². The van der Waals surface area contributed by atoms with Crippen molar-refractivity contribution in [2.75, 3.05) is 13.1 Å². The zero-order valence-corrected chi connectivity index (χ0v) is 18.7. The van der Waals surface area contributed by atoms with Gasteiger partial charge in [0.1, 0.15) is 11.6 Å². The van der Waals surface area contributed by atoms with Gasteiger partial charge in [-0.25, -0.2) is 13.8 Å². The highest BCUT2D eigenvalue weighted by molar-refractivity contribution is 8.18. The molecule has 1 aromatic carbocycles. The lowest BCUT2D eigenvalue weighted by Gasteiger charge is -2.12. The fraction of sp³-hybridized carbons (Fsp3) is 0.182. The molecule has 7 nitrogen and oxygen atoms in total. The summed E-state index contributed by atoms with van der Waals surface area (Å²) in [5.41, 5.74) is 0.0740. The zero-order valence-electron chi connectivity index (χ0n) is 17.0. The molecule has 1 saturated heterocycles. The Morgan fingerprint density at radius 1 is 1.24 bits per heavy atom. The summed E-state index contributed by atoms with van der Waals surface area (Å²) in [6, 6.07) is 6.83. The van der Waals surface area contributed by atoms with Crippen molar-refractivity contribution in [1.29, 1.82) is 0 Å². The van der Waals surface area contributed by atoms with Crippen LogP contribution in [-0.2, 0) is 16.0 Å². The van der Waals surface area contributed by atoms with Crippen LogP contribution < -0.4 is 5.32 Å². The van der Waals surface area contributed by atoms with Gasteiger partial charge in [0.2, 0.25) is 5.91 Å². The Balaban J connectivity index is 1.24. The molecule has 0 aliphatic carbocycles. The summed E-state index contributed by atoms with van der Waals surface area (Å²) in [4.78, 5) is 43.0. The van der Waals surface area contributed by atoms with Crippen LogP contribution in [0.1, 0.15) is 17.2 Å². The largest absolute Gasteiger partial charge is 0.441 e. The van der Waals surface area contributed by atoms with E-state index in [1.807, 2.05) is 17.5 Å². The SMILES string of the molecule is O=C(CCc1ncc(-c2ccc(F)cc2F)o1)NCCN1C(=O)S/C(=C\c2cccs2)C1=O. The molecular weight excluding hydrogens is 472 g/mol. The van der Waals surface area contributed by atoms with Gasteiger partial charge in [0.05, 0.1) is 16.7 Å². The highest BCUT2D eigenvalue weighted by Gasteiger charge is 2.34. The van der Waals surface area contributed by atoms with Crippen molar-refractivity contribution in [3.05, 3.63) is 69.2 Å². The van der Waals surface area contributed by atoms with Gasteiger partial charge in [-0.05, 0) is 41.4 Å². The molecule has 4 rings (SSSR count). The van der Waals surface area contributed by atoms with Crippen LogP contribution in [0.15, 0.2) is 51.2 Å². The van der Waals surface area contributed by atoms with Crippen molar-refractivity contribution in [3.8, 4) is 11.3 Å². The molecule has 2 aromatic heterocycles. The van der Waals surface area contributed by atoms with Crippen molar-refractivity contribution >= 4 is 46.2 Å². The van der Waals surface area contributed by atoms with Crippen LogP contribution in [0, 0.1) is 11.6 Å². The van der Waals surface area contributed by atoms with E-state index in [-0.39, 0.29) is 60.2 Å². The quantitative estimate of drug-likeness (QED) is 0.470. The van der Waals surface area contributed by atoms with Crippen molar-refractivity contribution in [2.24, 2.45) is 0 Å². The van der Waals surface area contributed by atoms with Crippen LogP contribution in [0.25, 0.3) is 17.4 Å². The number of oxazole rings is 1. The minimum atomic E-state index is -0.770. The third-order valence-corrected chi connectivity index (χ3v) is 6.39. The van der Waals surface area contributed by atoms with Crippen molar-refractivity contribution in [2.45, 2.75) is 12.8 Å². The minimum Gasteiger partial charge on any atom is -0.441 e. The average Bonchev–Trinajstić information content (AvgIpc) is 3.51. The molecule has 3 heterocycles. The van der Waals surface area contributed by atoms with Gasteiger partial charge >= 0.3 is 0 Å². The maximum Gasteiger partial charge on any atom is 0.293 e. The van der Waals surface area contributed by atoms with E-state index in [9.17, 15) is 23.2 Å². The molecule has 170 valence electrons. The number of rotatable bonds is 8. The summed E-state index contributed by atoms with van der Waals surface area (Å²) in [5, 5.41) is 4.16. The Labute approximate surface area is 195 Å². The number of hydrogen-bond donors (Lipinski definition) is 1. The first-order valence-corrected chi connectivity index (χ1v) is 11.6. The fourth-order valence-electron chi connectivity index (χ4n) is 3.05. The number of nitrogens with zero attached hydrogens (tertiary/aromatic N) is 2. The Bertz CT molecular complexity index is 1220. The van der Waals surface area contributed by atoms with Crippen LogP contribution in [-0.4, -0.2) is 40.0 Å². The number of thioether (sulfide) groups is 1. The molecule has 0 spiro atoms. The lowest BCUT2D eigenvalue weighted by atomic mass is 10.2. The number of benzene rings is 1. The predicted molar refractivity (Wildman–Crippen MR) is 120 cm³/mol. The van der Waals surface area contributed by atoms with E-state index in [1.54, 1.807) is 6.08 Å². The molecule has 0 unspecified atom stereocenters. The molecule has 0 saturated carbocycles. The number of nitrogens with one attached hydrogen (secondary N) is 1. The zero-order chi connectivity index (χ0) is 23.4. The van der Waals surface area contributed by atoms with E-state index >= 15 is 0 Å². The third-order valence-electron chi connectivity index (χ3n) is 4.66. The summed E-state index contributed by atoms with van der Waals surface area (Å²) in [5.74, 6) is -1.80. The maximum absolute atomic E-state index is 13.9. The number of imide groups is 1. The first-order chi connectivity index (χ1) is 15.9. The first-order valence-electron chi connectivity index (χ1n) is 9.86. The maximum atomic E-state index is 13.9. The summed E-state index contributed by atoms with van der Waals surface area (Å²) in [6.07, 6.45) is 3.20. The van der Waals surface area contributed by atoms with Gasteiger partial charge in [0, 0.05) is 36.9 Å². The lowest BCUT2D eigenvalue weighted by molar-refractivity contribution is -0.124. The van der Waals surface area contributed by atoms with E-state index < -0.39 is 11.6 Å². The van der Waals surface area contributed by atoms with Crippen LogP contribution >= 0.6 is 23.1 Å². The second-order valence-corrected chi connectivity index (χ2v) is 8.91. The number of carbonyl (C=O) groups excluding carboxylic acids is 3. The minimum absolute atomic E-state index is 0.0476. The molecule has 33 heavy (non-hydrogen) atoms. The van der Waals surface area contributed by atoms with Gasteiger partial charge in [-0.2, -0.15) is 0 Å². The Kier molecular flexibility index (Phi) is 6.99. The van der Waals surface area contributed by atoms with E-state index in [0.29, 0.717) is 4.91 Å². The Morgan fingerprint density at radius 2 is 2.09 bits per heavy atom. The van der Waals surface area contributed by atoms with Gasteiger partial charge in [-0.3, -0.25) is 19.3 Å². The molecule has 0 radical (unpaired) electrons. The number of hydrogen-bond acceptors (Lipinski definition) is 7. The molecule has 3 amide bonds. The van der Waals surface area contributed by atoms with Crippen molar-refractivity contribution in [3.63, 3.8) is 0 Å². The third kappa shape index (κ3) is 5.55. The van der Waals surface area contributed by atoms with E-state index in [1.165, 1.54) is 23.6 Å². The van der Waals surface area contributed by atoms with E-state index in [4.69, 9.17) is 4.42 Å². The summed E-state index contributed by atoms with van der Waals surface area (Å²) >= 11 is 2.34. The number of aromatic nitrogens is 1. The summed E-state index contributed by atoms with van der Waals surface area (Å²) in [7, 11) is 0. The fourth-order valence-corrected chi connectivity index (χ4v) is 4.64. The number of thiophene rings is 1. The van der Waals surface area contributed by atoms with Gasteiger partial charge in [0.25, 0.3) is 11.1 Å². The van der Waals surface area contributed by atoms with Crippen molar-refractivity contribution in [1.82, 2.24) is 15.2 Å². The molecule has 3 aromatic rings.